The molecule has 2 aliphatic rings. The van der Waals surface area contributed by atoms with Crippen molar-refractivity contribution in [1.82, 2.24) is 0 Å². The van der Waals surface area contributed by atoms with E-state index in [1.807, 2.05) is 115 Å². The average Bonchev–Trinajstić information content (AvgIpc) is 4.28. The average molecular weight is 1060 g/mol. The third kappa shape index (κ3) is 27.9. The minimum absolute atomic E-state index is 0. The van der Waals surface area contributed by atoms with Gasteiger partial charge in [-0.3, -0.25) is 12.9 Å². The van der Waals surface area contributed by atoms with Crippen molar-refractivity contribution in [3.8, 4) is 0 Å². The molecule has 10 heteroatoms. The quantitative estimate of drug-likeness (QED) is 0.0528. The van der Waals surface area contributed by atoms with Crippen LogP contribution in [0.2, 0.25) is 0 Å². The zero-order chi connectivity index (χ0) is 44.6. The number of benzene rings is 7. The van der Waals surface area contributed by atoms with E-state index in [4.69, 9.17) is 14.2 Å². The molecule has 64 heavy (non-hydrogen) atoms. The number of allylic oxidation sites excluding steroid dienone is 1. The molecule has 326 valence electrons. The van der Waals surface area contributed by atoms with Gasteiger partial charge >= 0.3 is 58.9 Å². The molecule has 2 aliphatic carbocycles. The Kier molecular flexibility index (Phi) is 30.1. The van der Waals surface area contributed by atoms with Crippen LogP contribution in [0.3, 0.4) is 0 Å². The molecule has 0 radical (unpaired) electrons. The van der Waals surface area contributed by atoms with Gasteiger partial charge < -0.3 is 20.6 Å². The van der Waals surface area contributed by atoms with Crippen LogP contribution in [0, 0.1) is 9.99 Å². The molecule has 0 bridgehead atoms. The van der Waals surface area contributed by atoms with Crippen LogP contribution in [0.15, 0.2) is 229 Å². The van der Waals surface area contributed by atoms with Crippen molar-refractivity contribution in [1.29, 1.82) is 0 Å². The Morgan fingerprint density at radius 1 is 0.547 bits per heavy atom. The predicted octanol–water partition coefficient (Wildman–Crippen LogP) is 12.5. The molecular weight excluding hydrogens is 1010 g/mol. The van der Waals surface area contributed by atoms with Crippen LogP contribution >= 0.6 is 38.5 Å². The first-order chi connectivity index (χ1) is 30.9. The Bertz CT molecular complexity index is 2130. The Morgan fingerprint density at radius 3 is 1.31 bits per heavy atom. The number of halogens is 5. The van der Waals surface area contributed by atoms with Crippen LogP contribution in [0.1, 0.15) is 46.6 Å². The van der Waals surface area contributed by atoms with E-state index in [9.17, 15) is 12.9 Å². The molecule has 3 nitrogen and oxygen atoms in total. The van der Waals surface area contributed by atoms with E-state index >= 15 is 0 Å². The Morgan fingerprint density at radius 2 is 0.922 bits per heavy atom. The minimum Gasteiger partial charge on any atom is -0.497 e. The monoisotopic (exact) mass is 1060 g/mol. The van der Waals surface area contributed by atoms with Gasteiger partial charge in [-0.25, -0.2) is 0 Å². The molecule has 9 rings (SSSR count). The van der Waals surface area contributed by atoms with Gasteiger partial charge in [-0.2, -0.15) is 6.42 Å². The van der Waals surface area contributed by atoms with E-state index in [-0.39, 0.29) is 51.4 Å². The number of ether oxygens (including phenoxy) is 3. The van der Waals surface area contributed by atoms with E-state index in [1.165, 1.54) is 31.4 Å². The van der Waals surface area contributed by atoms with Crippen LogP contribution in [-0.2, 0) is 40.5 Å². The Hall–Kier alpha value is -3.30. The SMILES string of the molecule is Brc1ccccc1.C(=COCc1ccccc1)Cc1ccccc1.FB(F)F.Ic1ccccc1.[K+].c1ccc(CO[C@@H]2[CH-]C2)cc1.c1ccc(CO[C@H]2C[C@@H]2c2ccccc2)cc1. The molecule has 0 saturated heterocycles. The van der Waals surface area contributed by atoms with Gasteiger partial charge in [0.25, 0.3) is 0 Å². The third-order valence-corrected chi connectivity index (χ3v) is 10.2. The van der Waals surface area contributed by atoms with E-state index in [1.54, 1.807) is 6.26 Å². The second-order valence-electron chi connectivity index (χ2n) is 14.1. The first-order valence-electron chi connectivity index (χ1n) is 20.7. The van der Waals surface area contributed by atoms with Gasteiger partial charge in [0, 0.05) is 14.0 Å². The topological polar surface area (TPSA) is 27.7 Å². The molecule has 0 N–H and O–H groups in total. The summed E-state index contributed by atoms with van der Waals surface area (Å²) in [5.41, 5.74) is 6.41. The van der Waals surface area contributed by atoms with E-state index < -0.39 is 7.54 Å². The molecule has 7 aromatic carbocycles. The van der Waals surface area contributed by atoms with Crippen LogP contribution in [0.5, 0.6) is 0 Å². The summed E-state index contributed by atoms with van der Waals surface area (Å²) in [6.45, 7) is 2.11. The van der Waals surface area contributed by atoms with Gasteiger partial charge in [0.05, 0.1) is 25.6 Å². The molecule has 3 atom stereocenters. The van der Waals surface area contributed by atoms with E-state index in [2.05, 4.69) is 148 Å². The zero-order valence-electron chi connectivity index (χ0n) is 36.1. The van der Waals surface area contributed by atoms with Crippen molar-refractivity contribution in [3.63, 3.8) is 0 Å². The summed E-state index contributed by atoms with van der Waals surface area (Å²) in [5, 5.41) is 0. The van der Waals surface area contributed by atoms with Gasteiger partial charge in [-0.15, -0.1) is 0 Å². The van der Waals surface area contributed by atoms with Gasteiger partial charge in [-0.1, -0.05) is 210 Å². The standard InChI is InChI=1S/2C16H16O.C10H11O.C6H5Br.C6H5I.BF3.K/c1-3-7-13(8-4-1)12-17-16-11-15(16)14-9-5-2-6-10-14;1-3-8-15(9-4-1)12-7-13-17-14-16-10-5-2-6-11-16;1-2-4-9(5-3-1)8-11-10-6-7-10;2*7-6-4-2-1-3-5-6;2-1(3)4;/h1-10,15-16H,11-12H2;1-11,13H,12,14H2;1-6,10H,7-8H2;2*1-5H;;/q;;-1;;;;+1/t15-,16+;;10-;;;;/m1.1..../s1. The van der Waals surface area contributed by atoms with Crippen molar-refractivity contribution in [2.75, 3.05) is 0 Å². The summed E-state index contributed by atoms with van der Waals surface area (Å²) < 4.78 is 48.3. The van der Waals surface area contributed by atoms with Crippen molar-refractivity contribution < 1.29 is 78.5 Å². The fraction of sp³-hybridized carbons (Fsp3) is 0.167. The molecule has 0 spiro atoms. The van der Waals surface area contributed by atoms with E-state index in [0.717, 1.165) is 36.9 Å². The number of rotatable bonds is 12. The number of hydrogen-bond acceptors (Lipinski definition) is 3. The molecule has 0 aliphatic heterocycles. The van der Waals surface area contributed by atoms with Crippen molar-refractivity contribution in [2.24, 2.45) is 0 Å². The van der Waals surface area contributed by atoms with Gasteiger partial charge in [0.1, 0.15) is 6.61 Å². The van der Waals surface area contributed by atoms with Crippen LogP contribution in [0.25, 0.3) is 0 Å². The summed E-state index contributed by atoms with van der Waals surface area (Å²) in [7, 11) is -3.67. The van der Waals surface area contributed by atoms with Gasteiger partial charge in [-0.05, 0) is 93.6 Å². The van der Waals surface area contributed by atoms with Crippen LogP contribution in [0.4, 0.5) is 12.9 Å². The molecular formula is C54H53BBrF3IKO3. The second-order valence-corrected chi connectivity index (χ2v) is 16.3. The molecule has 2 saturated carbocycles. The second kappa shape index (κ2) is 35.0. The molecule has 0 heterocycles. The molecule has 7 aromatic rings. The van der Waals surface area contributed by atoms with Gasteiger partial charge in [0.2, 0.25) is 0 Å². The maximum absolute atomic E-state index is 9.67. The third-order valence-electron chi connectivity index (χ3n) is 8.95. The summed E-state index contributed by atoms with van der Waals surface area (Å²) in [6.07, 6.45) is 10.0. The normalized spacial score (nSPS) is 14.8. The molecule has 0 amide bonds. The summed E-state index contributed by atoms with van der Waals surface area (Å²) in [6, 6.07) is 72.0. The maximum atomic E-state index is 9.67. The number of hydrogen-bond donors (Lipinski definition) is 0. The van der Waals surface area contributed by atoms with Crippen LogP contribution < -0.4 is 51.4 Å². The molecule has 0 unspecified atom stereocenters. The fourth-order valence-corrected chi connectivity index (χ4v) is 6.29. The maximum Gasteiger partial charge on any atom is 1.00 e. The van der Waals surface area contributed by atoms with Crippen LogP contribution in [-0.4, -0.2) is 19.8 Å². The zero-order valence-corrected chi connectivity index (χ0v) is 43.0. The summed E-state index contributed by atoms with van der Waals surface area (Å²) in [4.78, 5) is 0. The van der Waals surface area contributed by atoms with Crippen molar-refractivity contribution in [3.05, 3.63) is 267 Å². The minimum atomic E-state index is -3.67. The largest absolute Gasteiger partial charge is 1.00 e. The van der Waals surface area contributed by atoms with Crippen molar-refractivity contribution >= 4 is 46.1 Å². The molecule has 0 aromatic heterocycles. The predicted molar refractivity (Wildman–Crippen MR) is 266 cm³/mol. The Labute approximate surface area is 443 Å². The fourth-order valence-electron chi connectivity index (χ4n) is 5.57. The smallest absolute Gasteiger partial charge is 0.497 e. The summed E-state index contributed by atoms with van der Waals surface area (Å²) >= 11 is 5.59. The molecule has 2 fully saturated rings. The first-order valence-corrected chi connectivity index (χ1v) is 22.6. The Balaban J connectivity index is 0.000000216. The van der Waals surface area contributed by atoms with Gasteiger partial charge in [0.15, 0.2) is 0 Å². The first kappa shape index (κ1) is 55.0. The van der Waals surface area contributed by atoms with E-state index in [0.29, 0.717) is 24.7 Å². The van der Waals surface area contributed by atoms with Crippen molar-refractivity contribution in [2.45, 2.75) is 57.2 Å². The summed E-state index contributed by atoms with van der Waals surface area (Å²) in [5.74, 6) is 0.611.